The van der Waals surface area contributed by atoms with Crippen molar-refractivity contribution >= 4 is 23.6 Å². The molecule has 150 valence electrons. The van der Waals surface area contributed by atoms with Crippen molar-refractivity contribution in [2.45, 2.75) is 6.61 Å². The molecule has 2 aromatic rings. The van der Waals surface area contributed by atoms with E-state index in [1.807, 2.05) is 4.90 Å². The third-order valence-electron chi connectivity index (χ3n) is 4.77. The summed E-state index contributed by atoms with van der Waals surface area (Å²) in [4.78, 5) is 35.5. The van der Waals surface area contributed by atoms with Crippen molar-refractivity contribution < 1.29 is 19.2 Å². The average Bonchev–Trinajstić information content (AvgIpc) is 2.77. The number of rotatable bonds is 4. The Morgan fingerprint density at radius 2 is 1.93 bits per heavy atom. The van der Waals surface area contributed by atoms with E-state index in [4.69, 9.17) is 9.47 Å². The third kappa shape index (κ3) is 4.16. The van der Waals surface area contributed by atoms with Crippen LogP contribution in [0.3, 0.4) is 0 Å². The number of amides is 1. The molecule has 0 N–H and O–H groups in total. The van der Waals surface area contributed by atoms with Crippen LogP contribution in [0, 0.1) is 10.1 Å². The molecule has 0 atom stereocenters. The Balaban J connectivity index is 1.45. The smallest absolute Gasteiger partial charge is 0.270 e. The fraction of sp³-hybridized carbons (Fsp3) is 0.316. The van der Waals surface area contributed by atoms with Gasteiger partial charge in [-0.1, -0.05) is 0 Å². The van der Waals surface area contributed by atoms with Gasteiger partial charge in [0.1, 0.15) is 5.75 Å². The predicted octanol–water partition coefficient (Wildman–Crippen LogP) is 1.61. The minimum absolute atomic E-state index is 0.0681. The van der Waals surface area contributed by atoms with E-state index in [1.165, 1.54) is 18.2 Å². The molecular formula is C19H19N5O5. The fourth-order valence-electron chi connectivity index (χ4n) is 3.31. The van der Waals surface area contributed by atoms with E-state index < -0.39 is 4.92 Å². The first-order valence-corrected chi connectivity index (χ1v) is 9.12. The van der Waals surface area contributed by atoms with Gasteiger partial charge < -0.3 is 19.3 Å². The number of nitro benzene ring substituents is 1. The van der Waals surface area contributed by atoms with Crippen LogP contribution in [0.4, 0.5) is 11.6 Å². The number of nitrogens with zero attached hydrogens (tertiary/aromatic N) is 5. The Hall–Kier alpha value is -3.53. The summed E-state index contributed by atoms with van der Waals surface area (Å²) in [5.74, 6) is 1.00. The van der Waals surface area contributed by atoms with Crippen molar-refractivity contribution in [3.8, 4) is 5.75 Å². The van der Waals surface area contributed by atoms with Crippen molar-refractivity contribution in [2.24, 2.45) is 0 Å². The first kappa shape index (κ1) is 18.8. The van der Waals surface area contributed by atoms with Crippen molar-refractivity contribution in [1.82, 2.24) is 14.9 Å². The first-order chi connectivity index (χ1) is 14.1. The van der Waals surface area contributed by atoms with Crippen LogP contribution in [-0.4, -0.2) is 58.7 Å². The largest absolute Gasteiger partial charge is 0.467 e. The van der Waals surface area contributed by atoms with Crippen LogP contribution < -0.4 is 9.64 Å². The summed E-state index contributed by atoms with van der Waals surface area (Å²) in [6.45, 7) is 2.66. The van der Waals surface area contributed by atoms with Crippen molar-refractivity contribution in [2.75, 3.05) is 37.9 Å². The van der Waals surface area contributed by atoms with Crippen molar-refractivity contribution in [1.29, 1.82) is 0 Å². The molecule has 0 radical (unpaired) electrons. The molecule has 29 heavy (non-hydrogen) atoms. The number of aromatic nitrogens is 2. The van der Waals surface area contributed by atoms with Gasteiger partial charge in [0, 0.05) is 67.9 Å². The first-order valence-electron chi connectivity index (χ1n) is 9.12. The summed E-state index contributed by atoms with van der Waals surface area (Å²) in [6.07, 6.45) is 6.36. The molecule has 1 aromatic heterocycles. The number of non-ortho nitro benzene ring substituents is 1. The normalized spacial score (nSPS) is 16.4. The molecule has 10 heteroatoms. The number of carbonyl (C=O) groups is 1. The summed E-state index contributed by atoms with van der Waals surface area (Å²) in [5.41, 5.74) is 1.01. The molecule has 1 aromatic carbocycles. The maximum Gasteiger partial charge on any atom is 0.270 e. The highest BCUT2D eigenvalue weighted by Crippen LogP contribution is 2.33. The van der Waals surface area contributed by atoms with Gasteiger partial charge in [-0.25, -0.2) is 9.97 Å². The topological polar surface area (TPSA) is 111 Å². The summed E-state index contributed by atoms with van der Waals surface area (Å²) in [5, 5.41) is 11.2. The van der Waals surface area contributed by atoms with Gasteiger partial charge in [-0.3, -0.25) is 14.9 Å². The molecule has 4 rings (SSSR count). The molecule has 0 saturated carbocycles. The maximum atomic E-state index is 12.6. The van der Waals surface area contributed by atoms with Gasteiger partial charge in [-0.2, -0.15) is 0 Å². The van der Waals surface area contributed by atoms with E-state index in [9.17, 15) is 14.9 Å². The maximum absolute atomic E-state index is 12.6. The molecule has 1 fully saturated rings. The molecule has 10 nitrogen and oxygen atoms in total. The molecule has 2 aliphatic heterocycles. The summed E-state index contributed by atoms with van der Waals surface area (Å²) in [7, 11) is 0. The number of ether oxygens (including phenoxy) is 2. The van der Waals surface area contributed by atoms with Gasteiger partial charge >= 0.3 is 0 Å². The van der Waals surface area contributed by atoms with Crippen LogP contribution in [0.2, 0.25) is 0 Å². The predicted molar refractivity (Wildman–Crippen MR) is 103 cm³/mol. The lowest BCUT2D eigenvalue weighted by Crippen LogP contribution is -2.48. The van der Waals surface area contributed by atoms with Crippen LogP contribution in [0.1, 0.15) is 11.1 Å². The van der Waals surface area contributed by atoms with Gasteiger partial charge in [-0.15, -0.1) is 0 Å². The number of carbonyl (C=O) groups excluding carboxylic acids is 1. The summed E-state index contributed by atoms with van der Waals surface area (Å²) < 4.78 is 10.7. The number of fused-ring (bicyclic) bond motifs is 1. The summed E-state index contributed by atoms with van der Waals surface area (Å²) in [6, 6.07) is 4.59. The Labute approximate surface area is 166 Å². The minimum Gasteiger partial charge on any atom is -0.467 e. The van der Waals surface area contributed by atoms with E-state index in [0.29, 0.717) is 49.0 Å². The molecular weight excluding hydrogens is 378 g/mol. The zero-order valence-corrected chi connectivity index (χ0v) is 15.6. The van der Waals surface area contributed by atoms with E-state index >= 15 is 0 Å². The lowest BCUT2D eigenvalue weighted by atomic mass is 10.1. The molecule has 0 bridgehead atoms. The minimum atomic E-state index is -0.473. The van der Waals surface area contributed by atoms with E-state index in [-0.39, 0.29) is 25.0 Å². The quantitative estimate of drug-likeness (QED) is 0.435. The van der Waals surface area contributed by atoms with Gasteiger partial charge in [0.05, 0.1) is 11.5 Å². The van der Waals surface area contributed by atoms with E-state index in [0.717, 1.165) is 0 Å². The molecule has 2 aliphatic rings. The monoisotopic (exact) mass is 397 g/mol. The Morgan fingerprint density at radius 1 is 1.17 bits per heavy atom. The Kier molecular flexibility index (Phi) is 5.34. The van der Waals surface area contributed by atoms with Crippen LogP contribution in [0.25, 0.3) is 6.08 Å². The number of hydrogen-bond acceptors (Lipinski definition) is 8. The Morgan fingerprint density at radius 3 is 2.66 bits per heavy atom. The standard InChI is InChI=1S/C19H19N5O5/c25-17(22-6-8-23(9-7-22)19-20-4-1-5-21-19)3-2-14-10-16(24(26)27)11-15-12-28-13-29-18(14)15/h1-5,10-11H,6-9,12-13H2. The zero-order valence-electron chi connectivity index (χ0n) is 15.6. The third-order valence-corrected chi connectivity index (χ3v) is 4.77. The van der Waals surface area contributed by atoms with E-state index in [1.54, 1.807) is 29.4 Å². The van der Waals surface area contributed by atoms with Crippen molar-refractivity contribution in [3.63, 3.8) is 0 Å². The van der Waals surface area contributed by atoms with Crippen LogP contribution in [-0.2, 0) is 16.1 Å². The molecule has 0 aliphatic carbocycles. The molecule has 1 saturated heterocycles. The van der Waals surface area contributed by atoms with Crippen LogP contribution >= 0.6 is 0 Å². The molecule has 0 unspecified atom stereocenters. The highest BCUT2D eigenvalue weighted by Gasteiger charge is 2.22. The van der Waals surface area contributed by atoms with Crippen LogP contribution in [0.15, 0.2) is 36.7 Å². The summed E-state index contributed by atoms with van der Waals surface area (Å²) >= 11 is 0. The lowest BCUT2D eigenvalue weighted by Gasteiger charge is -2.34. The van der Waals surface area contributed by atoms with Gasteiger partial charge in [0.15, 0.2) is 6.79 Å². The highest BCUT2D eigenvalue weighted by molar-refractivity contribution is 5.92. The number of nitro groups is 1. The SMILES string of the molecule is O=C(C=Cc1cc([N+](=O)[O-])cc2c1OCOC2)N1CCN(c2ncccn2)CC1. The highest BCUT2D eigenvalue weighted by atomic mass is 16.7. The average molecular weight is 397 g/mol. The van der Waals surface area contributed by atoms with Crippen LogP contribution in [0.5, 0.6) is 5.75 Å². The number of anilines is 1. The van der Waals surface area contributed by atoms with Crippen molar-refractivity contribution in [3.05, 3.63) is 57.9 Å². The molecule has 1 amide bonds. The van der Waals surface area contributed by atoms with Gasteiger partial charge in [0.25, 0.3) is 5.69 Å². The number of piperazine rings is 1. The van der Waals surface area contributed by atoms with E-state index in [2.05, 4.69) is 9.97 Å². The number of benzene rings is 1. The fourth-order valence-corrected chi connectivity index (χ4v) is 3.31. The lowest BCUT2D eigenvalue weighted by molar-refractivity contribution is -0.385. The second-order valence-corrected chi connectivity index (χ2v) is 6.59. The Bertz CT molecular complexity index is 942. The molecule has 0 spiro atoms. The van der Waals surface area contributed by atoms with Gasteiger partial charge in [0.2, 0.25) is 11.9 Å². The number of hydrogen-bond donors (Lipinski definition) is 0. The zero-order chi connectivity index (χ0) is 20.2. The second-order valence-electron chi connectivity index (χ2n) is 6.59. The second kappa shape index (κ2) is 8.23. The van der Waals surface area contributed by atoms with Gasteiger partial charge in [-0.05, 0) is 12.1 Å². The molecule has 3 heterocycles.